The molecule has 13 heavy (non-hydrogen) atoms. The minimum absolute atomic E-state index is 0.156. The summed E-state index contributed by atoms with van der Waals surface area (Å²) in [5, 5.41) is 9.17. The third kappa shape index (κ3) is 2.12. The van der Waals surface area contributed by atoms with Crippen LogP contribution in [-0.4, -0.2) is 11.2 Å². The van der Waals surface area contributed by atoms with Crippen LogP contribution in [-0.2, 0) is 19.3 Å². The smallest absolute Gasteiger partial charge is 0.0515 e. The Labute approximate surface area is 83.4 Å². The molecule has 1 aliphatic carbocycles. The van der Waals surface area contributed by atoms with Gasteiger partial charge in [0.25, 0.3) is 0 Å². The molecule has 1 atom stereocenters. The van der Waals surface area contributed by atoms with E-state index in [1.54, 1.807) is 10.4 Å². The van der Waals surface area contributed by atoms with Crippen molar-refractivity contribution in [1.29, 1.82) is 0 Å². The van der Waals surface area contributed by atoms with Gasteiger partial charge in [0.15, 0.2) is 0 Å². The number of thiophene rings is 1. The predicted octanol–water partition coefficient (Wildman–Crippen LogP) is 2.55. The van der Waals surface area contributed by atoms with Gasteiger partial charge < -0.3 is 5.11 Å². The van der Waals surface area contributed by atoms with Crippen LogP contribution in [0.15, 0.2) is 6.07 Å². The zero-order chi connectivity index (χ0) is 9.26. The monoisotopic (exact) mass is 196 g/mol. The number of hydrogen-bond acceptors (Lipinski definition) is 2. The topological polar surface area (TPSA) is 20.2 Å². The van der Waals surface area contributed by atoms with Gasteiger partial charge >= 0.3 is 0 Å². The average molecular weight is 196 g/mol. The van der Waals surface area contributed by atoms with E-state index < -0.39 is 0 Å². The minimum Gasteiger partial charge on any atom is -0.393 e. The van der Waals surface area contributed by atoms with Gasteiger partial charge in [0, 0.05) is 9.75 Å². The molecule has 72 valence electrons. The number of aliphatic hydroxyl groups is 1. The SMILES string of the molecule is CC(O)CCc1cc2c(s1)CCC2. The number of rotatable bonds is 3. The molecular formula is C11H16OS. The molecule has 0 spiro atoms. The fourth-order valence-electron chi connectivity index (χ4n) is 1.86. The molecule has 1 aromatic rings. The van der Waals surface area contributed by atoms with Gasteiger partial charge in [0.05, 0.1) is 6.10 Å². The Kier molecular flexibility index (Phi) is 2.70. The van der Waals surface area contributed by atoms with Crippen LogP contribution in [0.1, 0.15) is 35.1 Å². The molecule has 1 nitrogen and oxygen atoms in total. The van der Waals surface area contributed by atoms with Crippen LogP contribution >= 0.6 is 11.3 Å². The molecule has 1 unspecified atom stereocenters. The summed E-state index contributed by atoms with van der Waals surface area (Å²) in [6, 6.07) is 2.34. The molecule has 1 aromatic heterocycles. The fourth-order valence-corrected chi connectivity index (χ4v) is 3.14. The van der Waals surface area contributed by atoms with Gasteiger partial charge in [-0.15, -0.1) is 11.3 Å². The van der Waals surface area contributed by atoms with Crippen LogP contribution in [0.3, 0.4) is 0 Å². The molecule has 1 heterocycles. The van der Waals surface area contributed by atoms with Crippen molar-refractivity contribution < 1.29 is 5.11 Å². The van der Waals surface area contributed by atoms with Crippen LogP contribution in [0.4, 0.5) is 0 Å². The normalized spacial score (nSPS) is 17.4. The minimum atomic E-state index is -0.156. The first-order chi connectivity index (χ1) is 6.25. The lowest BCUT2D eigenvalue weighted by Gasteiger charge is -2.00. The zero-order valence-electron chi connectivity index (χ0n) is 8.05. The molecule has 0 amide bonds. The zero-order valence-corrected chi connectivity index (χ0v) is 8.86. The lowest BCUT2D eigenvalue weighted by Crippen LogP contribution is -2.00. The van der Waals surface area contributed by atoms with Gasteiger partial charge in [0.2, 0.25) is 0 Å². The average Bonchev–Trinajstić information content (AvgIpc) is 2.58. The Bertz CT molecular complexity index is 267. The van der Waals surface area contributed by atoms with Crippen LogP contribution in [0.5, 0.6) is 0 Å². The summed E-state index contributed by atoms with van der Waals surface area (Å²) in [6.07, 6.45) is 5.71. The number of hydrogen-bond donors (Lipinski definition) is 1. The highest BCUT2D eigenvalue weighted by atomic mass is 32.1. The predicted molar refractivity (Wildman–Crippen MR) is 56.3 cm³/mol. The lowest BCUT2D eigenvalue weighted by atomic mass is 10.1. The summed E-state index contributed by atoms with van der Waals surface area (Å²) < 4.78 is 0. The first-order valence-electron chi connectivity index (χ1n) is 5.04. The van der Waals surface area contributed by atoms with Gasteiger partial charge in [-0.1, -0.05) is 0 Å². The summed E-state index contributed by atoms with van der Waals surface area (Å²) in [5.41, 5.74) is 1.57. The second-order valence-electron chi connectivity index (χ2n) is 3.90. The van der Waals surface area contributed by atoms with Crippen molar-refractivity contribution in [2.24, 2.45) is 0 Å². The molecule has 2 rings (SSSR count). The van der Waals surface area contributed by atoms with E-state index >= 15 is 0 Å². The molecule has 2 heteroatoms. The van der Waals surface area contributed by atoms with Gasteiger partial charge in [-0.3, -0.25) is 0 Å². The Balaban J connectivity index is 1.98. The van der Waals surface area contributed by atoms with E-state index in [0.29, 0.717) is 0 Å². The molecule has 0 saturated carbocycles. The maximum absolute atomic E-state index is 9.17. The largest absolute Gasteiger partial charge is 0.393 e. The van der Waals surface area contributed by atoms with Gasteiger partial charge in [0.1, 0.15) is 0 Å². The maximum Gasteiger partial charge on any atom is 0.0515 e. The number of aryl methyl sites for hydroxylation is 3. The van der Waals surface area contributed by atoms with Crippen molar-refractivity contribution in [2.75, 3.05) is 0 Å². The Morgan fingerprint density at radius 1 is 1.54 bits per heavy atom. The molecular weight excluding hydrogens is 180 g/mol. The molecule has 0 aromatic carbocycles. The van der Waals surface area contributed by atoms with E-state index in [9.17, 15) is 0 Å². The van der Waals surface area contributed by atoms with Crippen molar-refractivity contribution in [1.82, 2.24) is 0 Å². The molecule has 0 bridgehead atoms. The second kappa shape index (κ2) is 3.81. The molecule has 0 fully saturated rings. The summed E-state index contributed by atoms with van der Waals surface area (Å²) in [7, 11) is 0. The van der Waals surface area contributed by atoms with Crippen molar-refractivity contribution in [3.05, 3.63) is 21.4 Å². The Morgan fingerprint density at radius 3 is 3.08 bits per heavy atom. The highest BCUT2D eigenvalue weighted by Gasteiger charge is 2.14. The highest BCUT2D eigenvalue weighted by molar-refractivity contribution is 7.12. The fraction of sp³-hybridized carbons (Fsp3) is 0.636. The number of aliphatic hydroxyl groups excluding tert-OH is 1. The number of fused-ring (bicyclic) bond motifs is 1. The molecule has 0 aliphatic heterocycles. The van der Waals surface area contributed by atoms with Crippen molar-refractivity contribution in [3.8, 4) is 0 Å². The van der Waals surface area contributed by atoms with Crippen molar-refractivity contribution >= 4 is 11.3 Å². The van der Waals surface area contributed by atoms with Crippen LogP contribution in [0.2, 0.25) is 0 Å². The van der Waals surface area contributed by atoms with E-state index in [-0.39, 0.29) is 6.10 Å². The van der Waals surface area contributed by atoms with Crippen molar-refractivity contribution in [2.45, 2.75) is 45.1 Å². The Hall–Kier alpha value is -0.340. The third-order valence-electron chi connectivity index (χ3n) is 2.61. The summed E-state index contributed by atoms with van der Waals surface area (Å²) in [6.45, 7) is 1.86. The molecule has 1 aliphatic rings. The third-order valence-corrected chi connectivity index (χ3v) is 3.90. The van der Waals surface area contributed by atoms with Crippen LogP contribution in [0.25, 0.3) is 0 Å². The summed E-state index contributed by atoms with van der Waals surface area (Å²) in [4.78, 5) is 3.06. The van der Waals surface area contributed by atoms with E-state index in [0.717, 1.165) is 12.8 Å². The lowest BCUT2D eigenvalue weighted by molar-refractivity contribution is 0.185. The van der Waals surface area contributed by atoms with Crippen LogP contribution in [0, 0.1) is 0 Å². The quantitative estimate of drug-likeness (QED) is 0.787. The maximum atomic E-state index is 9.17. The Morgan fingerprint density at radius 2 is 2.38 bits per heavy atom. The van der Waals surface area contributed by atoms with Gasteiger partial charge in [-0.2, -0.15) is 0 Å². The highest BCUT2D eigenvalue weighted by Crippen LogP contribution is 2.31. The molecule has 1 N–H and O–H groups in total. The first-order valence-corrected chi connectivity index (χ1v) is 5.86. The molecule has 0 radical (unpaired) electrons. The second-order valence-corrected chi connectivity index (χ2v) is 5.12. The summed E-state index contributed by atoms with van der Waals surface area (Å²) >= 11 is 1.95. The van der Waals surface area contributed by atoms with Crippen LogP contribution < -0.4 is 0 Å². The van der Waals surface area contributed by atoms with Gasteiger partial charge in [-0.05, 0) is 50.7 Å². The van der Waals surface area contributed by atoms with Crippen molar-refractivity contribution in [3.63, 3.8) is 0 Å². The first kappa shape index (κ1) is 9.22. The summed E-state index contributed by atoms with van der Waals surface area (Å²) in [5.74, 6) is 0. The van der Waals surface area contributed by atoms with E-state index in [1.165, 1.54) is 24.1 Å². The standard InChI is InChI=1S/C11H16OS/c1-8(12)5-6-10-7-9-3-2-4-11(9)13-10/h7-8,12H,2-6H2,1H3. The molecule has 0 saturated heterocycles. The van der Waals surface area contributed by atoms with E-state index in [4.69, 9.17) is 5.11 Å². The van der Waals surface area contributed by atoms with E-state index in [1.807, 2.05) is 18.3 Å². The van der Waals surface area contributed by atoms with E-state index in [2.05, 4.69) is 6.07 Å². The van der Waals surface area contributed by atoms with Gasteiger partial charge in [-0.25, -0.2) is 0 Å².